The van der Waals surface area contributed by atoms with Crippen LogP contribution in [-0.2, 0) is 15.0 Å². The second-order valence-corrected chi connectivity index (χ2v) is 6.29. The van der Waals surface area contributed by atoms with E-state index in [2.05, 4.69) is 6.58 Å². The largest absolute Gasteiger partial charge is 0.489 e. The molecule has 0 aliphatic carbocycles. The molecule has 1 heterocycles. The molecule has 1 atom stereocenters. The predicted octanol–water partition coefficient (Wildman–Crippen LogP) is 1.90. The van der Waals surface area contributed by atoms with Crippen LogP contribution < -0.4 is 9.64 Å². The van der Waals surface area contributed by atoms with Crippen LogP contribution in [0.15, 0.2) is 36.9 Å². The van der Waals surface area contributed by atoms with E-state index in [4.69, 9.17) is 4.74 Å². The Hall–Kier alpha value is -1.89. The van der Waals surface area contributed by atoms with E-state index >= 15 is 0 Å². The van der Waals surface area contributed by atoms with E-state index in [9.17, 15) is 17.1 Å². The Morgan fingerprint density at radius 2 is 2.24 bits per heavy atom. The van der Waals surface area contributed by atoms with Crippen LogP contribution in [0.4, 0.5) is 9.57 Å². The summed E-state index contributed by atoms with van der Waals surface area (Å²) in [6.45, 7) is 4.08. The molecule has 0 radical (unpaired) electrons. The standard InChI is InChI=1S/C14H16FNO4S/c1-2-6-20-13-5-3-4-12(8-13)16-9-11(7-14(16)17)10-21(15,18)19/h2-5,8,11H,1,6-7,9-10H2. The van der Waals surface area contributed by atoms with Crippen LogP contribution in [0.2, 0.25) is 0 Å². The Kier molecular flexibility index (Phi) is 4.62. The molecule has 0 saturated carbocycles. The third-order valence-corrected chi connectivity index (χ3v) is 4.01. The van der Waals surface area contributed by atoms with Crippen LogP contribution >= 0.6 is 0 Å². The van der Waals surface area contributed by atoms with Crippen LogP contribution in [-0.4, -0.2) is 33.2 Å². The molecule has 0 N–H and O–H groups in total. The summed E-state index contributed by atoms with van der Waals surface area (Å²) < 4.78 is 39.5. The molecule has 114 valence electrons. The second kappa shape index (κ2) is 6.26. The Bertz CT molecular complexity index is 644. The highest BCUT2D eigenvalue weighted by molar-refractivity contribution is 7.86. The molecule has 1 aromatic carbocycles. The summed E-state index contributed by atoms with van der Waals surface area (Å²) in [6, 6.07) is 6.90. The van der Waals surface area contributed by atoms with E-state index in [1.54, 1.807) is 30.3 Å². The van der Waals surface area contributed by atoms with Crippen molar-refractivity contribution in [2.24, 2.45) is 5.92 Å². The first-order valence-corrected chi connectivity index (χ1v) is 8.01. The minimum Gasteiger partial charge on any atom is -0.489 e. The van der Waals surface area contributed by atoms with Gasteiger partial charge in [-0.1, -0.05) is 18.7 Å². The maximum Gasteiger partial charge on any atom is 0.302 e. The lowest BCUT2D eigenvalue weighted by Crippen LogP contribution is -2.25. The highest BCUT2D eigenvalue weighted by Gasteiger charge is 2.33. The predicted molar refractivity (Wildman–Crippen MR) is 77.5 cm³/mol. The van der Waals surface area contributed by atoms with E-state index in [1.165, 1.54) is 4.90 Å². The fourth-order valence-electron chi connectivity index (χ4n) is 2.32. The maximum atomic E-state index is 12.7. The zero-order chi connectivity index (χ0) is 15.5. The first-order chi connectivity index (χ1) is 9.89. The number of halogens is 1. The third kappa shape index (κ3) is 4.29. The van der Waals surface area contributed by atoms with Gasteiger partial charge in [0, 0.05) is 30.6 Å². The van der Waals surface area contributed by atoms with Gasteiger partial charge in [0.2, 0.25) is 5.91 Å². The van der Waals surface area contributed by atoms with E-state index in [0.717, 1.165) is 0 Å². The van der Waals surface area contributed by atoms with Crippen molar-refractivity contribution in [1.29, 1.82) is 0 Å². The minimum absolute atomic E-state index is 0.0287. The van der Waals surface area contributed by atoms with E-state index < -0.39 is 21.9 Å². The first-order valence-electron chi connectivity index (χ1n) is 6.45. The van der Waals surface area contributed by atoms with Gasteiger partial charge in [-0.05, 0) is 12.1 Å². The molecule has 0 spiro atoms. The highest BCUT2D eigenvalue weighted by Crippen LogP contribution is 2.28. The van der Waals surface area contributed by atoms with Crippen molar-refractivity contribution in [2.75, 3.05) is 23.8 Å². The summed E-state index contributed by atoms with van der Waals surface area (Å²) >= 11 is 0. The van der Waals surface area contributed by atoms with Crippen molar-refractivity contribution >= 4 is 21.8 Å². The van der Waals surface area contributed by atoms with E-state index in [1.807, 2.05) is 0 Å². The molecule has 1 aliphatic rings. The number of amides is 1. The summed E-state index contributed by atoms with van der Waals surface area (Å²) in [6.07, 6.45) is 1.64. The lowest BCUT2D eigenvalue weighted by Gasteiger charge is -2.17. The number of carbonyl (C=O) groups is 1. The van der Waals surface area contributed by atoms with Crippen molar-refractivity contribution in [2.45, 2.75) is 6.42 Å². The lowest BCUT2D eigenvalue weighted by atomic mass is 10.1. The minimum atomic E-state index is -4.57. The molecule has 1 aliphatic heterocycles. The molecule has 1 saturated heterocycles. The van der Waals surface area contributed by atoms with Gasteiger partial charge in [0.05, 0.1) is 5.75 Å². The monoisotopic (exact) mass is 313 g/mol. The van der Waals surface area contributed by atoms with Gasteiger partial charge in [0.1, 0.15) is 12.4 Å². The number of ether oxygens (including phenoxy) is 1. The number of nitrogens with zero attached hydrogens (tertiary/aromatic N) is 1. The number of rotatable bonds is 6. The van der Waals surface area contributed by atoms with Gasteiger partial charge < -0.3 is 9.64 Å². The maximum absolute atomic E-state index is 12.7. The summed E-state index contributed by atoms with van der Waals surface area (Å²) in [5.74, 6) is -0.779. The summed E-state index contributed by atoms with van der Waals surface area (Å²) in [5.41, 5.74) is 0.611. The van der Waals surface area contributed by atoms with Gasteiger partial charge in [0.25, 0.3) is 0 Å². The van der Waals surface area contributed by atoms with Gasteiger partial charge in [-0.15, -0.1) is 3.89 Å². The zero-order valence-electron chi connectivity index (χ0n) is 11.4. The van der Waals surface area contributed by atoms with Crippen molar-refractivity contribution < 1.29 is 21.8 Å². The summed E-state index contributed by atoms with van der Waals surface area (Å²) in [5, 5.41) is 0. The number of anilines is 1. The van der Waals surface area contributed by atoms with Crippen LogP contribution in [0, 0.1) is 5.92 Å². The molecule has 21 heavy (non-hydrogen) atoms. The molecule has 1 aromatic rings. The molecular formula is C14H16FNO4S. The van der Waals surface area contributed by atoms with Crippen molar-refractivity contribution in [1.82, 2.24) is 0 Å². The molecule has 0 bridgehead atoms. The average Bonchev–Trinajstić information content (AvgIpc) is 2.75. The Morgan fingerprint density at radius 3 is 2.90 bits per heavy atom. The fraction of sp³-hybridized carbons (Fsp3) is 0.357. The quantitative estimate of drug-likeness (QED) is 0.594. The highest BCUT2D eigenvalue weighted by atomic mass is 32.3. The number of benzene rings is 1. The van der Waals surface area contributed by atoms with Gasteiger partial charge in [-0.3, -0.25) is 4.79 Å². The van der Waals surface area contributed by atoms with Crippen molar-refractivity contribution in [3.8, 4) is 5.75 Å². The molecule has 1 fully saturated rings. The Balaban J connectivity index is 2.11. The zero-order valence-corrected chi connectivity index (χ0v) is 12.2. The number of hydrogen-bond acceptors (Lipinski definition) is 4. The SMILES string of the molecule is C=CCOc1cccc(N2CC(CS(=O)(=O)F)CC2=O)c1. The second-order valence-electron chi connectivity index (χ2n) is 4.88. The van der Waals surface area contributed by atoms with Crippen LogP contribution in [0.25, 0.3) is 0 Å². The lowest BCUT2D eigenvalue weighted by molar-refractivity contribution is -0.117. The van der Waals surface area contributed by atoms with Gasteiger partial charge in [-0.2, -0.15) is 8.42 Å². The summed E-state index contributed by atoms with van der Waals surface area (Å²) in [7, 11) is -4.57. The third-order valence-electron chi connectivity index (χ3n) is 3.14. The number of hydrogen-bond donors (Lipinski definition) is 0. The average molecular weight is 313 g/mol. The number of carbonyl (C=O) groups excluding carboxylic acids is 1. The molecule has 7 heteroatoms. The van der Waals surface area contributed by atoms with Crippen molar-refractivity contribution in [3.05, 3.63) is 36.9 Å². The van der Waals surface area contributed by atoms with E-state index in [0.29, 0.717) is 18.0 Å². The molecule has 0 aromatic heterocycles. The molecule has 5 nitrogen and oxygen atoms in total. The first kappa shape index (κ1) is 15.5. The normalized spacial score (nSPS) is 18.8. The van der Waals surface area contributed by atoms with Gasteiger partial charge in [0.15, 0.2) is 0 Å². The van der Waals surface area contributed by atoms with Crippen LogP contribution in [0.3, 0.4) is 0 Å². The van der Waals surface area contributed by atoms with Gasteiger partial charge >= 0.3 is 10.2 Å². The molecule has 1 unspecified atom stereocenters. The fourth-order valence-corrected chi connectivity index (χ4v) is 3.11. The molecular weight excluding hydrogens is 297 g/mol. The smallest absolute Gasteiger partial charge is 0.302 e. The molecule has 1 amide bonds. The van der Waals surface area contributed by atoms with Gasteiger partial charge in [-0.25, -0.2) is 0 Å². The topological polar surface area (TPSA) is 63.7 Å². The van der Waals surface area contributed by atoms with Crippen molar-refractivity contribution in [3.63, 3.8) is 0 Å². The molecule has 2 rings (SSSR count). The van der Waals surface area contributed by atoms with Crippen LogP contribution in [0.1, 0.15) is 6.42 Å². The Labute approximate surface area is 123 Å². The Morgan fingerprint density at radius 1 is 1.48 bits per heavy atom. The van der Waals surface area contributed by atoms with Crippen LogP contribution in [0.5, 0.6) is 5.75 Å². The summed E-state index contributed by atoms with van der Waals surface area (Å²) in [4.78, 5) is 13.4. The van der Waals surface area contributed by atoms with E-state index in [-0.39, 0.29) is 18.9 Å².